The van der Waals surface area contributed by atoms with E-state index in [0.29, 0.717) is 21.5 Å². The first kappa shape index (κ1) is 11.5. The lowest BCUT2D eigenvalue weighted by Crippen LogP contribution is -2.07. The highest BCUT2D eigenvalue weighted by Crippen LogP contribution is 2.21. The van der Waals surface area contributed by atoms with Gasteiger partial charge >= 0.3 is 0 Å². The fourth-order valence-corrected chi connectivity index (χ4v) is 2.16. The molecule has 0 atom stereocenters. The number of rotatable bonds is 2. The van der Waals surface area contributed by atoms with E-state index in [0.717, 1.165) is 0 Å². The third kappa shape index (κ3) is 2.11. The Bertz CT molecular complexity index is 808. The van der Waals surface area contributed by atoms with Crippen LogP contribution in [0, 0.1) is 0 Å². The van der Waals surface area contributed by atoms with Crippen LogP contribution in [0.4, 0.5) is 5.13 Å². The van der Waals surface area contributed by atoms with Gasteiger partial charge in [-0.15, -0.1) is 10.2 Å². The summed E-state index contributed by atoms with van der Waals surface area (Å²) in [4.78, 5) is 18.2. The molecule has 0 saturated heterocycles. The molecular weight excluding hydrogens is 264 g/mol. The molecule has 2 N–H and O–H groups in total. The largest absolute Gasteiger partial charge is 0.494 e. The van der Waals surface area contributed by atoms with Gasteiger partial charge in [0.15, 0.2) is 0 Å². The zero-order valence-corrected chi connectivity index (χ0v) is 10.4. The van der Waals surface area contributed by atoms with Crippen LogP contribution in [0.15, 0.2) is 39.6 Å². The fraction of sp³-hybridized carbons (Fsp3) is 0. The SMILES string of the molecule is O=c1[nH]c(O)c(/C=N/c2nncs2)c2ccccc12. The second-order valence-corrected chi connectivity index (χ2v) is 4.55. The van der Waals surface area contributed by atoms with Crippen molar-refractivity contribution in [1.82, 2.24) is 15.2 Å². The van der Waals surface area contributed by atoms with Gasteiger partial charge in [-0.3, -0.25) is 9.78 Å². The van der Waals surface area contributed by atoms with E-state index in [9.17, 15) is 9.90 Å². The van der Waals surface area contributed by atoms with Gasteiger partial charge in [0.05, 0.1) is 5.56 Å². The first-order chi connectivity index (χ1) is 9.25. The molecule has 0 aliphatic heterocycles. The van der Waals surface area contributed by atoms with Crippen molar-refractivity contribution in [3.8, 4) is 5.88 Å². The third-order valence-electron chi connectivity index (χ3n) is 2.60. The number of pyridine rings is 1. The molecule has 0 fully saturated rings. The zero-order chi connectivity index (χ0) is 13.2. The van der Waals surface area contributed by atoms with Gasteiger partial charge < -0.3 is 5.11 Å². The van der Waals surface area contributed by atoms with Crippen molar-refractivity contribution in [2.24, 2.45) is 4.99 Å². The monoisotopic (exact) mass is 272 g/mol. The van der Waals surface area contributed by atoms with Crippen LogP contribution in [0.5, 0.6) is 5.88 Å². The Morgan fingerprint density at radius 1 is 1.32 bits per heavy atom. The number of aromatic hydroxyl groups is 1. The van der Waals surface area contributed by atoms with Crippen molar-refractivity contribution < 1.29 is 5.11 Å². The predicted molar refractivity (Wildman–Crippen MR) is 73.4 cm³/mol. The normalized spacial score (nSPS) is 11.4. The molecule has 3 aromatic rings. The molecule has 0 amide bonds. The number of aliphatic imine (C=N–C) groups is 1. The number of nitrogens with one attached hydrogen (secondary N) is 1. The zero-order valence-electron chi connectivity index (χ0n) is 9.57. The van der Waals surface area contributed by atoms with Crippen LogP contribution in [0.25, 0.3) is 10.8 Å². The number of nitrogens with zero attached hydrogens (tertiary/aromatic N) is 3. The smallest absolute Gasteiger partial charge is 0.258 e. The molecule has 3 rings (SSSR count). The summed E-state index contributed by atoms with van der Waals surface area (Å²) in [5.74, 6) is -0.211. The summed E-state index contributed by atoms with van der Waals surface area (Å²) in [7, 11) is 0. The van der Waals surface area contributed by atoms with E-state index in [2.05, 4.69) is 20.2 Å². The lowest BCUT2D eigenvalue weighted by atomic mass is 10.1. The molecule has 0 bridgehead atoms. The van der Waals surface area contributed by atoms with E-state index in [-0.39, 0.29) is 11.4 Å². The highest BCUT2D eigenvalue weighted by molar-refractivity contribution is 7.13. The molecular formula is C12H8N4O2S. The highest BCUT2D eigenvalue weighted by Gasteiger charge is 2.08. The average molecular weight is 272 g/mol. The molecule has 0 aliphatic rings. The number of aromatic nitrogens is 3. The Morgan fingerprint density at radius 3 is 2.84 bits per heavy atom. The standard InChI is InChI=1S/C12H8N4O2S/c17-10-8-4-2-1-3-7(8)9(11(18)15-10)5-13-12-16-14-6-19-12/h1-6H,(H2,15,17,18)/b13-5+. The van der Waals surface area contributed by atoms with Gasteiger partial charge in [-0.25, -0.2) is 4.99 Å². The van der Waals surface area contributed by atoms with Crippen molar-refractivity contribution in [3.63, 3.8) is 0 Å². The first-order valence-corrected chi connectivity index (χ1v) is 6.28. The molecule has 1 aromatic carbocycles. The van der Waals surface area contributed by atoms with Crippen LogP contribution in [-0.2, 0) is 0 Å². The van der Waals surface area contributed by atoms with E-state index in [1.807, 2.05) is 0 Å². The Labute approximate surface area is 111 Å². The van der Waals surface area contributed by atoms with E-state index in [4.69, 9.17) is 0 Å². The Kier molecular flexibility index (Phi) is 2.81. The maximum Gasteiger partial charge on any atom is 0.258 e. The Hall–Kier alpha value is -2.54. The van der Waals surface area contributed by atoms with E-state index < -0.39 is 0 Å². The van der Waals surface area contributed by atoms with Crippen molar-refractivity contribution >= 4 is 33.5 Å². The van der Waals surface area contributed by atoms with Gasteiger partial charge in [0.25, 0.3) is 5.56 Å². The maximum atomic E-state index is 11.7. The van der Waals surface area contributed by atoms with Gasteiger partial charge in [0.1, 0.15) is 5.51 Å². The molecule has 94 valence electrons. The van der Waals surface area contributed by atoms with E-state index >= 15 is 0 Å². The van der Waals surface area contributed by atoms with Gasteiger partial charge in [0, 0.05) is 17.0 Å². The summed E-state index contributed by atoms with van der Waals surface area (Å²) >= 11 is 1.28. The molecule has 0 aliphatic carbocycles. The molecule has 0 saturated carbocycles. The number of aromatic amines is 1. The lowest BCUT2D eigenvalue weighted by Gasteiger charge is -2.03. The van der Waals surface area contributed by atoms with Gasteiger partial charge in [-0.1, -0.05) is 29.5 Å². The van der Waals surface area contributed by atoms with Crippen molar-refractivity contribution in [1.29, 1.82) is 0 Å². The number of H-pyrrole nitrogens is 1. The van der Waals surface area contributed by atoms with Crippen LogP contribution in [0.2, 0.25) is 0 Å². The minimum atomic E-state index is -0.332. The van der Waals surface area contributed by atoms with Crippen molar-refractivity contribution in [3.05, 3.63) is 45.7 Å². The molecule has 7 heteroatoms. The quantitative estimate of drug-likeness (QED) is 0.696. The molecule has 2 aromatic heterocycles. The Balaban J connectivity index is 2.20. The summed E-state index contributed by atoms with van der Waals surface area (Å²) in [5, 5.41) is 18.9. The van der Waals surface area contributed by atoms with Crippen LogP contribution in [0.3, 0.4) is 0 Å². The molecule has 0 radical (unpaired) electrons. The number of benzene rings is 1. The van der Waals surface area contributed by atoms with E-state index in [1.165, 1.54) is 17.6 Å². The predicted octanol–water partition coefficient (Wildman–Crippen LogP) is 1.84. The van der Waals surface area contributed by atoms with Gasteiger partial charge in [-0.05, 0) is 6.07 Å². The maximum absolute atomic E-state index is 11.7. The number of hydrogen-bond donors (Lipinski definition) is 2. The highest BCUT2D eigenvalue weighted by atomic mass is 32.1. The van der Waals surface area contributed by atoms with Crippen LogP contribution >= 0.6 is 11.3 Å². The second kappa shape index (κ2) is 4.62. The minimum Gasteiger partial charge on any atom is -0.494 e. The molecule has 6 nitrogen and oxygen atoms in total. The number of fused-ring (bicyclic) bond motifs is 1. The first-order valence-electron chi connectivity index (χ1n) is 5.40. The van der Waals surface area contributed by atoms with Gasteiger partial charge in [-0.2, -0.15) is 0 Å². The van der Waals surface area contributed by atoms with E-state index in [1.54, 1.807) is 29.8 Å². The third-order valence-corrected chi connectivity index (χ3v) is 3.20. The van der Waals surface area contributed by atoms with Crippen molar-refractivity contribution in [2.45, 2.75) is 0 Å². The summed E-state index contributed by atoms with van der Waals surface area (Å²) < 4.78 is 0. The lowest BCUT2D eigenvalue weighted by molar-refractivity contribution is 0.452. The fourth-order valence-electron chi connectivity index (χ4n) is 1.76. The van der Waals surface area contributed by atoms with Crippen LogP contribution in [-0.4, -0.2) is 26.5 Å². The average Bonchev–Trinajstić information content (AvgIpc) is 2.92. The summed E-state index contributed by atoms with van der Waals surface area (Å²) in [6.45, 7) is 0. The summed E-state index contributed by atoms with van der Waals surface area (Å²) in [5.41, 5.74) is 1.68. The second-order valence-electron chi connectivity index (χ2n) is 3.74. The molecule has 0 spiro atoms. The molecule has 0 unspecified atom stereocenters. The van der Waals surface area contributed by atoms with Gasteiger partial charge in [0.2, 0.25) is 11.0 Å². The summed E-state index contributed by atoms with van der Waals surface area (Å²) in [6, 6.07) is 7.01. The molecule has 19 heavy (non-hydrogen) atoms. The summed E-state index contributed by atoms with van der Waals surface area (Å²) in [6.07, 6.45) is 1.47. The van der Waals surface area contributed by atoms with Crippen molar-refractivity contribution in [2.75, 3.05) is 0 Å². The minimum absolute atomic E-state index is 0.211. The topological polar surface area (TPSA) is 91.2 Å². The molecule has 2 heterocycles. The van der Waals surface area contributed by atoms with Crippen LogP contribution in [0.1, 0.15) is 5.56 Å². The van der Waals surface area contributed by atoms with Crippen LogP contribution < -0.4 is 5.56 Å². The number of hydrogen-bond acceptors (Lipinski definition) is 6. The Morgan fingerprint density at radius 2 is 2.11 bits per heavy atom.